The van der Waals surface area contributed by atoms with Crippen molar-refractivity contribution in [3.05, 3.63) is 77.0 Å². The highest BCUT2D eigenvalue weighted by Gasteiger charge is 2.41. The number of nitrogens with one attached hydrogen (secondary N) is 1. The maximum atomic E-state index is 13.0. The van der Waals surface area contributed by atoms with Crippen LogP contribution in [0.2, 0.25) is 0 Å². The number of nitrogens with zero attached hydrogens (tertiary/aromatic N) is 2. The molecule has 4 nitrogen and oxygen atoms in total. The number of benzene rings is 2. The number of amides is 1. The van der Waals surface area contributed by atoms with Gasteiger partial charge in [0.15, 0.2) is 0 Å². The predicted octanol–water partition coefficient (Wildman–Crippen LogP) is 5.16. The standard InChI is InChI=1S/C23H25N3O/c1-4-14-26-22(18-12-10-16(11-13-18)15(2)3)19-20(17-8-6-5-7-9-17)24-25-21(19)23(26)27/h5-13,15,22H,4,14H2,1-3H3,(H,24,25). The van der Waals surface area contributed by atoms with Gasteiger partial charge < -0.3 is 4.90 Å². The van der Waals surface area contributed by atoms with E-state index in [1.165, 1.54) is 5.56 Å². The van der Waals surface area contributed by atoms with Crippen LogP contribution < -0.4 is 0 Å². The van der Waals surface area contributed by atoms with Crippen LogP contribution in [0.4, 0.5) is 0 Å². The molecule has 0 spiro atoms. The van der Waals surface area contributed by atoms with Crippen LogP contribution in [0, 0.1) is 0 Å². The monoisotopic (exact) mass is 359 g/mol. The van der Waals surface area contributed by atoms with Gasteiger partial charge >= 0.3 is 0 Å². The van der Waals surface area contributed by atoms with Crippen LogP contribution >= 0.6 is 0 Å². The van der Waals surface area contributed by atoms with Gasteiger partial charge in [-0.1, -0.05) is 75.4 Å². The van der Waals surface area contributed by atoms with Crippen LogP contribution in [0.15, 0.2) is 54.6 Å². The van der Waals surface area contributed by atoms with Gasteiger partial charge in [-0.25, -0.2) is 0 Å². The number of carbonyl (C=O) groups excluding carboxylic acids is 1. The molecule has 27 heavy (non-hydrogen) atoms. The van der Waals surface area contributed by atoms with Crippen molar-refractivity contribution in [2.75, 3.05) is 6.54 Å². The molecule has 0 fully saturated rings. The highest BCUT2D eigenvalue weighted by molar-refractivity contribution is 6.00. The van der Waals surface area contributed by atoms with Gasteiger partial charge in [0, 0.05) is 17.7 Å². The highest BCUT2D eigenvalue weighted by atomic mass is 16.2. The number of fused-ring (bicyclic) bond motifs is 1. The molecule has 1 aliphatic heterocycles. The van der Waals surface area contributed by atoms with Crippen molar-refractivity contribution in [3.63, 3.8) is 0 Å². The Morgan fingerprint density at radius 2 is 1.78 bits per heavy atom. The number of hydrogen-bond donors (Lipinski definition) is 1. The molecule has 0 bridgehead atoms. The second-order valence-corrected chi connectivity index (χ2v) is 7.45. The molecule has 1 N–H and O–H groups in total. The van der Waals surface area contributed by atoms with E-state index >= 15 is 0 Å². The summed E-state index contributed by atoms with van der Waals surface area (Å²) in [5.74, 6) is 0.528. The summed E-state index contributed by atoms with van der Waals surface area (Å²) in [7, 11) is 0. The third-order valence-corrected chi connectivity index (χ3v) is 5.29. The first kappa shape index (κ1) is 17.5. The van der Waals surface area contributed by atoms with E-state index in [1.807, 2.05) is 35.2 Å². The van der Waals surface area contributed by atoms with Crippen molar-refractivity contribution in [2.45, 2.75) is 39.2 Å². The number of aromatic nitrogens is 2. The lowest BCUT2D eigenvalue weighted by molar-refractivity contribution is 0.0744. The number of hydrogen-bond acceptors (Lipinski definition) is 2. The topological polar surface area (TPSA) is 49.0 Å². The molecule has 1 aromatic heterocycles. The summed E-state index contributed by atoms with van der Waals surface area (Å²) >= 11 is 0. The Balaban J connectivity index is 1.84. The highest BCUT2D eigenvalue weighted by Crippen LogP contribution is 2.42. The molecule has 138 valence electrons. The van der Waals surface area contributed by atoms with E-state index in [1.54, 1.807) is 0 Å². The SMILES string of the molecule is CCCN1C(=O)c2[nH]nc(-c3ccccc3)c2C1c1ccc(C(C)C)cc1. The first-order valence-corrected chi connectivity index (χ1v) is 9.66. The van der Waals surface area contributed by atoms with Crippen LogP contribution in [0.1, 0.15) is 66.3 Å². The zero-order valence-electron chi connectivity index (χ0n) is 16.1. The van der Waals surface area contributed by atoms with E-state index < -0.39 is 0 Å². The minimum absolute atomic E-state index is 0.0412. The first-order chi connectivity index (χ1) is 13.1. The van der Waals surface area contributed by atoms with Gasteiger partial charge in [-0.05, 0) is 23.5 Å². The van der Waals surface area contributed by atoms with Crippen molar-refractivity contribution < 1.29 is 4.79 Å². The normalized spacial score (nSPS) is 16.2. The van der Waals surface area contributed by atoms with Gasteiger partial charge in [0.1, 0.15) is 5.69 Å². The fourth-order valence-corrected chi connectivity index (χ4v) is 3.89. The average Bonchev–Trinajstić information content (AvgIpc) is 3.23. The Kier molecular flexibility index (Phi) is 4.56. The molecule has 0 saturated heterocycles. The fourth-order valence-electron chi connectivity index (χ4n) is 3.89. The smallest absolute Gasteiger partial charge is 0.273 e. The maximum Gasteiger partial charge on any atom is 0.273 e. The van der Waals surface area contributed by atoms with E-state index in [2.05, 4.69) is 55.2 Å². The molecule has 0 radical (unpaired) electrons. The Labute approximate surface area is 160 Å². The zero-order chi connectivity index (χ0) is 19.0. The quantitative estimate of drug-likeness (QED) is 0.684. The molecule has 0 saturated carbocycles. The summed E-state index contributed by atoms with van der Waals surface area (Å²) in [6.45, 7) is 7.22. The molecular formula is C23H25N3O. The number of H-pyrrole nitrogens is 1. The van der Waals surface area contributed by atoms with Crippen LogP contribution in [-0.2, 0) is 0 Å². The van der Waals surface area contributed by atoms with Crippen molar-refractivity contribution in [2.24, 2.45) is 0 Å². The van der Waals surface area contributed by atoms with Crippen LogP contribution in [-0.4, -0.2) is 27.5 Å². The second-order valence-electron chi connectivity index (χ2n) is 7.45. The molecular weight excluding hydrogens is 334 g/mol. The number of rotatable bonds is 5. The van der Waals surface area contributed by atoms with Gasteiger partial charge in [-0.3, -0.25) is 9.89 Å². The lowest BCUT2D eigenvalue weighted by Crippen LogP contribution is -2.30. The van der Waals surface area contributed by atoms with Crippen molar-refractivity contribution in [1.29, 1.82) is 0 Å². The molecule has 0 aliphatic carbocycles. The van der Waals surface area contributed by atoms with Crippen LogP contribution in [0.5, 0.6) is 0 Å². The van der Waals surface area contributed by atoms with Gasteiger partial charge in [0.25, 0.3) is 5.91 Å². The van der Waals surface area contributed by atoms with Gasteiger partial charge in [-0.2, -0.15) is 5.10 Å². The number of carbonyl (C=O) groups is 1. The third kappa shape index (κ3) is 2.95. The Bertz CT molecular complexity index is 942. The summed E-state index contributed by atoms with van der Waals surface area (Å²) in [6.07, 6.45) is 0.921. The summed E-state index contributed by atoms with van der Waals surface area (Å²) in [5.41, 5.74) is 5.97. The van der Waals surface area contributed by atoms with E-state index in [0.29, 0.717) is 11.6 Å². The summed E-state index contributed by atoms with van der Waals surface area (Å²) in [6, 6.07) is 18.7. The largest absolute Gasteiger partial charge is 0.326 e. The molecule has 1 aliphatic rings. The van der Waals surface area contributed by atoms with Crippen molar-refractivity contribution >= 4 is 5.91 Å². The maximum absolute atomic E-state index is 13.0. The summed E-state index contributed by atoms with van der Waals surface area (Å²) in [5, 5.41) is 7.51. The predicted molar refractivity (Wildman–Crippen MR) is 108 cm³/mol. The van der Waals surface area contributed by atoms with Crippen LogP contribution in [0.3, 0.4) is 0 Å². The Morgan fingerprint density at radius 1 is 1.07 bits per heavy atom. The lowest BCUT2D eigenvalue weighted by atomic mass is 9.94. The summed E-state index contributed by atoms with van der Waals surface area (Å²) < 4.78 is 0. The molecule has 2 heterocycles. The lowest BCUT2D eigenvalue weighted by Gasteiger charge is -2.26. The van der Waals surface area contributed by atoms with Crippen molar-refractivity contribution in [3.8, 4) is 11.3 Å². The van der Waals surface area contributed by atoms with Gasteiger partial charge in [-0.15, -0.1) is 0 Å². The van der Waals surface area contributed by atoms with E-state index in [9.17, 15) is 4.79 Å². The van der Waals surface area contributed by atoms with Gasteiger partial charge in [0.2, 0.25) is 0 Å². The van der Waals surface area contributed by atoms with E-state index in [-0.39, 0.29) is 11.9 Å². The number of aromatic amines is 1. The van der Waals surface area contributed by atoms with Crippen LogP contribution in [0.25, 0.3) is 11.3 Å². The first-order valence-electron chi connectivity index (χ1n) is 9.66. The molecule has 2 aromatic carbocycles. The minimum Gasteiger partial charge on any atom is -0.326 e. The average molecular weight is 359 g/mol. The molecule has 1 atom stereocenters. The molecule has 4 heteroatoms. The molecule has 3 aromatic rings. The molecule has 1 amide bonds. The van der Waals surface area contributed by atoms with E-state index in [4.69, 9.17) is 0 Å². The molecule has 1 unspecified atom stereocenters. The van der Waals surface area contributed by atoms with E-state index in [0.717, 1.165) is 35.3 Å². The minimum atomic E-state index is -0.0948. The third-order valence-electron chi connectivity index (χ3n) is 5.29. The Morgan fingerprint density at radius 3 is 2.41 bits per heavy atom. The van der Waals surface area contributed by atoms with Crippen molar-refractivity contribution in [1.82, 2.24) is 15.1 Å². The zero-order valence-corrected chi connectivity index (χ0v) is 16.1. The molecule has 4 rings (SSSR count). The van der Waals surface area contributed by atoms with Gasteiger partial charge in [0.05, 0.1) is 11.7 Å². The summed E-state index contributed by atoms with van der Waals surface area (Å²) in [4.78, 5) is 15.0. The fraction of sp³-hybridized carbons (Fsp3) is 0.304. The Hall–Kier alpha value is -2.88. The second kappa shape index (κ2) is 7.03.